The van der Waals surface area contributed by atoms with Crippen LogP contribution in [0.15, 0.2) is 42.5 Å². The third kappa shape index (κ3) is 4.39. The molecule has 0 bridgehead atoms. The van der Waals surface area contributed by atoms with Gasteiger partial charge in [0.25, 0.3) is 5.91 Å². The van der Waals surface area contributed by atoms with Crippen molar-refractivity contribution < 1.29 is 13.2 Å². The van der Waals surface area contributed by atoms with E-state index in [1.165, 1.54) is 0 Å². The first-order chi connectivity index (χ1) is 14.8. The van der Waals surface area contributed by atoms with Crippen LogP contribution in [0.2, 0.25) is 0 Å². The summed E-state index contributed by atoms with van der Waals surface area (Å²) in [6.45, 7) is 9.55. The lowest BCUT2D eigenvalue weighted by Crippen LogP contribution is -2.30. The third-order valence-electron chi connectivity index (χ3n) is 5.53. The summed E-state index contributed by atoms with van der Waals surface area (Å²) in [6, 6.07) is 12.8. The van der Waals surface area contributed by atoms with Gasteiger partial charge in [0, 0.05) is 41.8 Å². The fourth-order valence-electron chi connectivity index (χ4n) is 3.79. The molecule has 1 aromatic heterocycles. The average molecular weight is 443 g/mol. The summed E-state index contributed by atoms with van der Waals surface area (Å²) >= 11 is 0. The first-order valence-electron chi connectivity index (χ1n) is 10.6. The number of hydrogen-bond acceptors (Lipinski definition) is 4. The second kappa shape index (κ2) is 9.01. The van der Waals surface area contributed by atoms with Gasteiger partial charge in [0.05, 0.1) is 22.7 Å². The fourth-order valence-corrected chi connectivity index (χ4v) is 4.43. The van der Waals surface area contributed by atoms with Crippen LogP contribution in [0.4, 0.5) is 11.4 Å². The quantitative estimate of drug-likeness (QED) is 0.547. The number of nitrogens with one attached hydrogen (secondary N) is 1. The van der Waals surface area contributed by atoms with E-state index < -0.39 is 10.0 Å². The summed E-state index contributed by atoms with van der Waals surface area (Å²) < 4.78 is 28.3. The largest absolute Gasteiger partial charge is 0.396 e. The van der Waals surface area contributed by atoms with Gasteiger partial charge >= 0.3 is 0 Å². The number of carbonyl (C=O) groups excluding carboxylic acids is 1. The molecule has 166 valence electrons. The summed E-state index contributed by atoms with van der Waals surface area (Å²) in [5.41, 5.74) is 11.0. The number of fused-ring (bicyclic) bond motifs is 1. The number of anilines is 2. The maximum absolute atomic E-state index is 12.8. The number of aromatic nitrogens is 1. The van der Waals surface area contributed by atoms with E-state index in [2.05, 4.69) is 9.29 Å². The Balaban J connectivity index is 2.07. The number of hydrogen-bond donors (Lipinski definition) is 2. The molecule has 0 unspecified atom stereocenters. The molecule has 3 N–H and O–H groups in total. The predicted molar refractivity (Wildman–Crippen MR) is 128 cm³/mol. The normalized spacial score (nSPS) is 11.6. The Bertz CT molecular complexity index is 1190. The molecule has 0 saturated carbocycles. The molecule has 31 heavy (non-hydrogen) atoms. The van der Waals surface area contributed by atoms with Crippen LogP contribution in [-0.2, 0) is 16.6 Å². The van der Waals surface area contributed by atoms with Gasteiger partial charge in [0.1, 0.15) is 0 Å². The predicted octanol–water partition coefficient (Wildman–Crippen LogP) is 4.15. The molecule has 0 aliphatic rings. The van der Waals surface area contributed by atoms with Crippen LogP contribution in [0.3, 0.4) is 0 Å². The highest BCUT2D eigenvalue weighted by Gasteiger charge is 2.19. The van der Waals surface area contributed by atoms with Gasteiger partial charge in [-0.25, -0.2) is 8.42 Å². The zero-order valence-electron chi connectivity index (χ0n) is 18.5. The van der Waals surface area contributed by atoms with E-state index in [-0.39, 0.29) is 11.7 Å². The zero-order chi connectivity index (χ0) is 22.8. The Kier molecular flexibility index (Phi) is 6.59. The van der Waals surface area contributed by atoms with Crippen molar-refractivity contribution in [2.24, 2.45) is 0 Å². The minimum atomic E-state index is -3.33. The zero-order valence-corrected chi connectivity index (χ0v) is 19.3. The molecule has 3 rings (SSSR count). The molecule has 1 amide bonds. The number of benzene rings is 2. The first-order valence-corrected chi connectivity index (χ1v) is 12.2. The second-order valence-corrected chi connectivity index (χ2v) is 9.31. The Morgan fingerprint density at radius 3 is 2.23 bits per heavy atom. The van der Waals surface area contributed by atoms with Crippen molar-refractivity contribution in [3.05, 3.63) is 48.0 Å². The molecular weight excluding hydrogens is 412 g/mol. The Morgan fingerprint density at radius 2 is 1.68 bits per heavy atom. The van der Waals surface area contributed by atoms with Crippen LogP contribution in [0.5, 0.6) is 0 Å². The molecule has 3 aromatic rings. The summed E-state index contributed by atoms with van der Waals surface area (Å²) in [6.07, 6.45) is 0. The summed E-state index contributed by atoms with van der Waals surface area (Å²) in [4.78, 5) is 14.6. The number of nitrogens with two attached hydrogens (primary N) is 1. The number of aryl methyl sites for hydroxylation is 1. The highest BCUT2D eigenvalue weighted by atomic mass is 32.2. The van der Waals surface area contributed by atoms with Crippen LogP contribution in [0.1, 0.15) is 38.1 Å². The fraction of sp³-hybridized carbons (Fsp3) is 0.348. The van der Waals surface area contributed by atoms with Crippen molar-refractivity contribution in [3.8, 4) is 11.3 Å². The second-order valence-electron chi connectivity index (χ2n) is 7.30. The van der Waals surface area contributed by atoms with Gasteiger partial charge in [-0.15, -0.1) is 0 Å². The standard InChI is InChI=1S/C23H30N4O3S/c1-5-26(6-2)23(28)17-11-14-19-20(15-17)27(7-3)22(21(19)24)16-9-12-18(13-10-16)25-31(29,30)8-4/h9-15,25H,5-8,24H2,1-4H3. The molecule has 0 saturated heterocycles. The van der Waals surface area contributed by atoms with E-state index in [4.69, 9.17) is 5.73 Å². The van der Waals surface area contributed by atoms with Gasteiger partial charge in [-0.3, -0.25) is 9.52 Å². The van der Waals surface area contributed by atoms with Gasteiger partial charge in [-0.1, -0.05) is 12.1 Å². The minimum Gasteiger partial charge on any atom is -0.396 e. The number of amides is 1. The van der Waals surface area contributed by atoms with Crippen molar-refractivity contribution in [1.82, 2.24) is 9.47 Å². The van der Waals surface area contributed by atoms with Crippen molar-refractivity contribution >= 4 is 38.2 Å². The molecule has 0 atom stereocenters. The van der Waals surface area contributed by atoms with Gasteiger partial charge in [0.15, 0.2) is 0 Å². The van der Waals surface area contributed by atoms with Crippen molar-refractivity contribution in [2.75, 3.05) is 29.3 Å². The third-order valence-corrected chi connectivity index (χ3v) is 6.84. The van der Waals surface area contributed by atoms with Gasteiger partial charge in [-0.05, 0) is 58.0 Å². The molecule has 8 heteroatoms. The monoisotopic (exact) mass is 442 g/mol. The molecule has 0 radical (unpaired) electrons. The highest BCUT2D eigenvalue weighted by molar-refractivity contribution is 7.92. The highest BCUT2D eigenvalue weighted by Crippen LogP contribution is 2.37. The summed E-state index contributed by atoms with van der Waals surface area (Å²) in [7, 11) is -3.33. The van der Waals surface area contributed by atoms with E-state index in [0.717, 1.165) is 22.2 Å². The lowest BCUT2D eigenvalue weighted by molar-refractivity contribution is 0.0773. The lowest BCUT2D eigenvalue weighted by Gasteiger charge is -2.18. The molecule has 7 nitrogen and oxygen atoms in total. The maximum atomic E-state index is 12.8. The van der Waals surface area contributed by atoms with Crippen LogP contribution in [0.25, 0.3) is 22.2 Å². The number of sulfonamides is 1. The lowest BCUT2D eigenvalue weighted by atomic mass is 10.1. The average Bonchev–Trinajstić information content (AvgIpc) is 3.06. The molecule has 0 spiro atoms. The Morgan fingerprint density at radius 1 is 1.03 bits per heavy atom. The number of nitrogens with zero attached hydrogens (tertiary/aromatic N) is 2. The van der Waals surface area contributed by atoms with E-state index in [0.29, 0.717) is 36.6 Å². The van der Waals surface area contributed by atoms with Crippen LogP contribution in [0, 0.1) is 0 Å². The van der Waals surface area contributed by atoms with Crippen LogP contribution < -0.4 is 10.5 Å². The van der Waals surface area contributed by atoms with E-state index in [9.17, 15) is 13.2 Å². The van der Waals surface area contributed by atoms with Gasteiger partial charge in [0.2, 0.25) is 10.0 Å². The topological polar surface area (TPSA) is 97.4 Å². The van der Waals surface area contributed by atoms with E-state index in [1.54, 1.807) is 24.0 Å². The maximum Gasteiger partial charge on any atom is 0.253 e. The summed E-state index contributed by atoms with van der Waals surface area (Å²) in [5, 5.41) is 0.892. The Hall–Kier alpha value is -3.00. The van der Waals surface area contributed by atoms with Crippen LogP contribution >= 0.6 is 0 Å². The van der Waals surface area contributed by atoms with Crippen LogP contribution in [-0.4, -0.2) is 42.6 Å². The number of rotatable bonds is 8. The number of nitrogen functional groups attached to an aromatic ring is 1. The summed E-state index contributed by atoms with van der Waals surface area (Å²) in [5.74, 6) is 0.0174. The van der Waals surface area contributed by atoms with Gasteiger partial charge in [-0.2, -0.15) is 0 Å². The number of carbonyl (C=O) groups is 1. The first kappa shape index (κ1) is 22.7. The molecule has 0 fully saturated rings. The molecule has 0 aliphatic heterocycles. The van der Waals surface area contributed by atoms with Crippen molar-refractivity contribution in [1.29, 1.82) is 0 Å². The minimum absolute atomic E-state index is 0.00318. The van der Waals surface area contributed by atoms with Crippen molar-refractivity contribution in [3.63, 3.8) is 0 Å². The van der Waals surface area contributed by atoms with E-state index in [1.807, 2.05) is 51.1 Å². The van der Waals surface area contributed by atoms with Crippen molar-refractivity contribution in [2.45, 2.75) is 34.2 Å². The smallest absolute Gasteiger partial charge is 0.253 e. The molecule has 1 heterocycles. The SMILES string of the molecule is CCN(CC)C(=O)c1ccc2c(N)c(-c3ccc(NS(=O)(=O)CC)cc3)n(CC)c2c1. The Labute approximate surface area is 183 Å². The molecule has 2 aromatic carbocycles. The molecule has 0 aliphatic carbocycles. The molecular formula is C23H30N4O3S. The van der Waals surface area contributed by atoms with E-state index >= 15 is 0 Å². The van der Waals surface area contributed by atoms with Gasteiger partial charge < -0.3 is 15.2 Å².